The zero-order valence-electron chi connectivity index (χ0n) is 16.5. The molecule has 0 unspecified atom stereocenters. The predicted octanol–water partition coefficient (Wildman–Crippen LogP) is 2.42. The van der Waals surface area contributed by atoms with Gasteiger partial charge in [-0.3, -0.25) is 14.6 Å². The largest absolute Gasteiger partial charge is 0.349 e. The molecular formula is C21H28N4O2. The summed E-state index contributed by atoms with van der Waals surface area (Å²) in [5.74, 6) is -0.385. The van der Waals surface area contributed by atoms with Gasteiger partial charge in [0.25, 0.3) is 11.8 Å². The van der Waals surface area contributed by atoms with E-state index in [1.807, 2.05) is 63.2 Å². The minimum absolute atomic E-state index is 0.0308. The molecule has 2 rings (SSSR count). The molecule has 144 valence electrons. The maximum atomic E-state index is 13.0. The Kier molecular flexibility index (Phi) is 7.49. The Hall–Kier alpha value is -2.73. The summed E-state index contributed by atoms with van der Waals surface area (Å²) >= 11 is 0. The molecule has 1 N–H and O–H groups in total. The fourth-order valence-electron chi connectivity index (χ4n) is 2.61. The van der Waals surface area contributed by atoms with Crippen LogP contribution in [0.4, 0.5) is 0 Å². The normalized spacial score (nSPS) is 10.9. The van der Waals surface area contributed by atoms with E-state index < -0.39 is 0 Å². The summed E-state index contributed by atoms with van der Waals surface area (Å²) in [5, 5.41) is 2.82. The Morgan fingerprint density at radius 1 is 1.11 bits per heavy atom. The lowest BCUT2D eigenvalue weighted by molar-refractivity contribution is 0.0690. The second-order valence-corrected chi connectivity index (χ2v) is 7.00. The summed E-state index contributed by atoms with van der Waals surface area (Å²) in [6, 6.07) is 13.1. The molecule has 1 heterocycles. The number of nitrogens with zero attached hydrogens (tertiary/aromatic N) is 3. The number of nitrogens with one attached hydrogen (secondary N) is 1. The van der Waals surface area contributed by atoms with Crippen molar-refractivity contribution in [3.8, 4) is 0 Å². The van der Waals surface area contributed by atoms with Gasteiger partial charge in [-0.05, 0) is 45.6 Å². The van der Waals surface area contributed by atoms with Crippen molar-refractivity contribution in [2.45, 2.75) is 26.4 Å². The van der Waals surface area contributed by atoms with Gasteiger partial charge in [0.1, 0.15) is 5.69 Å². The van der Waals surface area contributed by atoms with Gasteiger partial charge in [0.05, 0.1) is 0 Å². The molecule has 0 aliphatic heterocycles. The van der Waals surface area contributed by atoms with Crippen molar-refractivity contribution in [2.75, 3.05) is 27.2 Å². The van der Waals surface area contributed by atoms with E-state index in [4.69, 9.17) is 0 Å². The van der Waals surface area contributed by atoms with Crippen LogP contribution in [0.2, 0.25) is 0 Å². The quantitative estimate of drug-likeness (QED) is 0.777. The number of amides is 2. The Morgan fingerprint density at radius 3 is 2.44 bits per heavy atom. The van der Waals surface area contributed by atoms with Gasteiger partial charge in [-0.1, -0.05) is 30.3 Å². The molecule has 0 saturated heterocycles. The van der Waals surface area contributed by atoms with E-state index in [1.165, 1.54) is 6.20 Å². The molecule has 0 spiro atoms. The second-order valence-electron chi connectivity index (χ2n) is 7.00. The van der Waals surface area contributed by atoms with Crippen LogP contribution in [0.1, 0.15) is 40.3 Å². The first kappa shape index (κ1) is 20.6. The van der Waals surface area contributed by atoms with E-state index in [1.54, 1.807) is 17.0 Å². The average Bonchev–Trinajstić information content (AvgIpc) is 2.66. The number of benzene rings is 1. The first-order valence-electron chi connectivity index (χ1n) is 9.12. The van der Waals surface area contributed by atoms with Gasteiger partial charge >= 0.3 is 0 Å². The lowest BCUT2D eigenvalue weighted by Crippen LogP contribution is -2.36. The number of rotatable bonds is 8. The highest BCUT2D eigenvalue weighted by Gasteiger charge is 2.20. The van der Waals surface area contributed by atoms with Crippen LogP contribution in [-0.4, -0.2) is 59.8 Å². The SMILES string of the molecule is CC(C)N(Cc1ccccc1)C(=O)c1ccnc(C(=O)NCCN(C)C)c1. The highest BCUT2D eigenvalue weighted by Crippen LogP contribution is 2.14. The zero-order valence-corrected chi connectivity index (χ0v) is 16.5. The Morgan fingerprint density at radius 2 is 1.81 bits per heavy atom. The maximum absolute atomic E-state index is 13.0. The summed E-state index contributed by atoms with van der Waals surface area (Å²) in [6.07, 6.45) is 1.51. The van der Waals surface area contributed by atoms with Crippen molar-refractivity contribution in [1.82, 2.24) is 20.1 Å². The third-order valence-electron chi connectivity index (χ3n) is 4.16. The number of carbonyl (C=O) groups excluding carboxylic acids is 2. The average molecular weight is 368 g/mol. The van der Waals surface area contributed by atoms with Gasteiger partial charge in [0.2, 0.25) is 0 Å². The summed E-state index contributed by atoms with van der Waals surface area (Å²) in [4.78, 5) is 33.2. The molecule has 6 nitrogen and oxygen atoms in total. The number of carbonyl (C=O) groups is 2. The van der Waals surface area contributed by atoms with Gasteiger partial charge < -0.3 is 15.1 Å². The number of aromatic nitrogens is 1. The van der Waals surface area contributed by atoms with Crippen LogP contribution in [0.3, 0.4) is 0 Å². The van der Waals surface area contributed by atoms with Crippen molar-refractivity contribution >= 4 is 11.8 Å². The number of likely N-dealkylation sites (N-methyl/N-ethyl adjacent to an activating group) is 1. The topological polar surface area (TPSA) is 65.5 Å². The Labute approximate surface area is 161 Å². The molecule has 0 radical (unpaired) electrons. The van der Waals surface area contributed by atoms with Gasteiger partial charge in [-0.25, -0.2) is 0 Å². The van der Waals surface area contributed by atoms with Gasteiger partial charge in [0.15, 0.2) is 0 Å². The van der Waals surface area contributed by atoms with E-state index in [9.17, 15) is 9.59 Å². The number of hydrogen-bond acceptors (Lipinski definition) is 4. The minimum atomic E-state index is -0.273. The zero-order chi connectivity index (χ0) is 19.8. The fraction of sp³-hybridized carbons (Fsp3) is 0.381. The van der Waals surface area contributed by atoms with Crippen molar-refractivity contribution in [1.29, 1.82) is 0 Å². The highest BCUT2D eigenvalue weighted by atomic mass is 16.2. The van der Waals surface area contributed by atoms with Crippen molar-refractivity contribution in [2.24, 2.45) is 0 Å². The summed E-state index contributed by atoms with van der Waals surface area (Å²) in [7, 11) is 3.88. The highest BCUT2D eigenvalue weighted by molar-refractivity contribution is 5.98. The third kappa shape index (κ3) is 6.18. The molecule has 2 aromatic rings. The summed E-state index contributed by atoms with van der Waals surface area (Å²) in [6.45, 7) is 5.75. The standard InChI is InChI=1S/C21H28N4O2/c1-16(2)25(15-17-8-6-5-7-9-17)21(27)18-10-11-22-19(14-18)20(26)23-12-13-24(3)4/h5-11,14,16H,12-13,15H2,1-4H3,(H,23,26). The minimum Gasteiger partial charge on any atom is -0.349 e. The first-order valence-corrected chi connectivity index (χ1v) is 9.12. The van der Waals surface area contributed by atoms with Crippen LogP contribution >= 0.6 is 0 Å². The van der Waals surface area contributed by atoms with E-state index in [0.29, 0.717) is 18.7 Å². The monoisotopic (exact) mass is 368 g/mol. The van der Waals surface area contributed by atoms with E-state index in [2.05, 4.69) is 10.3 Å². The van der Waals surface area contributed by atoms with Crippen molar-refractivity contribution in [3.63, 3.8) is 0 Å². The smallest absolute Gasteiger partial charge is 0.269 e. The molecule has 6 heteroatoms. The fourth-order valence-corrected chi connectivity index (χ4v) is 2.61. The van der Waals surface area contributed by atoms with Crippen LogP contribution in [0.15, 0.2) is 48.7 Å². The summed E-state index contributed by atoms with van der Waals surface area (Å²) in [5.41, 5.74) is 1.78. The molecule has 0 aliphatic rings. The molecule has 0 atom stereocenters. The number of hydrogen-bond donors (Lipinski definition) is 1. The van der Waals surface area contributed by atoms with Crippen LogP contribution in [0, 0.1) is 0 Å². The molecule has 1 aromatic carbocycles. The molecule has 0 saturated carbocycles. The van der Waals surface area contributed by atoms with Gasteiger partial charge in [0, 0.05) is 37.4 Å². The summed E-state index contributed by atoms with van der Waals surface area (Å²) < 4.78 is 0. The molecule has 0 aliphatic carbocycles. The van der Waals surface area contributed by atoms with E-state index in [0.717, 1.165) is 12.1 Å². The molecule has 2 amide bonds. The van der Waals surface area contributed by atoms with Crippen LogP contribution in [-0.2, 0) is 6.54 Å². The Bertz CT molecular complexity index is 760. The van der Waals surface area contributed by atoms with Crippen molar-refractivity contribution in [3.05, 3.63) is 65.5 Å². The van der Waals surface area contributed by atoms with Crippen LogP contribution in [0.25, 0.3) is 0 Å². The molecule has 0 fully saturated rings. The Balaban J connectivity index is 2.13. The predicted molar refractivity (Wildman–Crippen MR) is 107 cm³/mol. The lowest BCUT2D eigenvalue weighted by Gasteiger charge is -2.27. The van der Waals surface area contributed by atoms with E-state index in [-0.39, 0.29) is 23.6 Å². The molecule has 0 bridgehead atoms. The molecule has 1 aromatic heterocycles. The third-order valence-corrected chi connectivity index (χ3v) is 4.16. The number of pyridine rings is 1. The second kappa shape index (κ2) is 9.83. The molecular weight excluding hydrogens is 340 g/mol. The first-order chi connectivity index (χ1) is 12.9. The van der Waals surface area contributed by atoms with Crippen molar-refractivity contribution < 1.29 is 9.59 Å². The maximum Gasteiger partial charge on any atom is 0.269 e. The molecule has 27 heavy (non-hydrogen) atoms. The van der Waals surface area contributed by atoms with Gasteiger partial charge in [-0.2, -0.15) is 0 Å². The van der Waals surface area contributed by atoms with Crippen LogP contribution < -0.4 is 5.32 Å². The van der Waals surface area contributed by atoms with Crippen LogP contribution in [0.5, 0.6) is 0 Å². The lowest BCUT2D eigenvalue weighted by atomic mass is 10.1. The van der Waals surface area contributed by atoms with Gasteiger partial charge in [-0.15, -0.1) is 0 Å². The van der Waals surface area contributed by atoms with E-state index >= 15 is 0 Å².